The number of fused-ring (bicyclic) bond motifs is 1. The fraction of sp³-hybridized carbons (Fsp3) is 0.353. The van der Waals surface area contributed by atoms with Crippen molar-refractivity contribution in [1.82, 2.24) is 20.4 Å². The molecule has 24 heavy (non-hydrogen) atoms. The Morgan fingerprint density at radius 1 is 1.29 bits per heavy atom. The topological polar surface area (TPSA) is 98.3 Å². The van der Waals surface area contributed by atoms with Gasteiger partial charge in [-0.2, -0.15) is 5.10 Å². The molecular formula is C17H20N4O3. The highest BCUT2D eigenvalue weighted by molar-refractivity contribution is 5.87. The molecule has 0 fully saturated rings. The number of H-pyrrole nitrogens is 1. The lowest BCUT2D eigenvalue weighted by atomic mass is 10.0. The lowest BCUT2D eigenvalue weighted by Gasteiger charge is -2.26. The molecule has 7 nitrogen and oxygen atoms in total. The monoisotopic (exact) mass is 328 g/mol. The van der Waals surface area contributed by atoms with Gasteiger partial charge in [-0.1, -0.05) is 30.3 Å². The second-order valence-corrected chi connectivity index (χ2v) is 5.83. The second kappa shape index (κ2) is 7.16. The number of rotatable bonds is 5. The van der Waals surface area contributed by atoms with Crippen molar-refractivity contribution in [1.29, 1.82) is 0 Å². The van der Waals surface area contributed by atoms with E-state index in [4.69, 9.17) is 5.11 Å². The van der Waals surface area contributed by atoms with E-state index in [-0.39, 0.29) is 11.7 Å². The van der Waals surface area contributed by atoms with Crippen LogP contribution in [0.3, 0.4) is 0 Å². The number of hydrogen-bond acceptors (Lipinski definition) is 3. The summed E-state index contributed by atoms with van der Waals surface area (Å²) >= 11 is 0. The Balaban J connectivity index is 1.47. The van der Waals surface area contributed by atoms with Gasteiger partial charge in [-0.15, -0.1) is 0 Å². The summed E-state index contributed by atoms with van der Waals surface area (Å²) in [6.45, 7) is 1.47. The van der Waals surface area contributed by atoms with Gasteiger partial charge in [0.2, 0.25) is 0 Å². The lowest BCUT2D eigenvalue weighted by molar-refractivity contribution is 0.0689. The molecule has 2 heterocycles. The standard InChI is InChI=1S/C17H20N4O3/c22-16(23)15-13-8-10-21(11-14(13)19-20-15)17(24)18-9-4-7-12-5-2-1-3-6-12/h1-3,5-6H,4,7-11H2,(H,18,24)(H,19,20)(H,22,23). The van der Waals surface area contributed by atoms with Gasteiger partial charge in [0.25, 0.3) is 0 Å². The van der Waals surface area contributed by atoms with Gasteiger partial charge in [-0.3, -0.25) is 5.10 Å². The number of aryl methyl sites for hydroxylation is 1. The average molecular weight is 328 g/mol. The molecule has 1 aliphatic rings. The minimum atomic E-state index is -1.04. The molecule has 0 saturated carbocycles. The molecule has 0 radical (unpaired) electrons. The van der Waals surface area contributed by atoms with Crippen LogP contribution in [0.1, 0.15) is 33.7 Å². The van der Waals surface area contributed by atoms with Crippen molar-refractivity contribution in [2.24, 2.45) is 0 Å². The first-order chi connectivity index (χ1) is 11.6. The molecule has 0 aliphatic carbocycles. The Bertz CT molecular complexity index is 727. The smallest absolute Gasteiger partial charge is 0.356 e. The molecule has 0 saturated heterocycles. The molecule has 0 atom stereocenters. The van der Waals surface area contributed by atoms with Crippen molar-refractivity contribution < 1.29 is 14.7 Å². The fourth-order valence-corrected chi connectivity index (χ4v) is 2.91. The number of hydrogen-bond donors (Lipinski definition) is 3. The molecule has 1 aromatic carbocycles. The van der Waals surface area contributed by atoms with E-state index >= 15 is 0 Å². The van der Waals surface area contributed by atoms with Gasteiger partial charge in [0, 0.05) is 18.7 Å². The van der Waals surface area contributed by atoms with E-state index < -0.39 is 5.97 Å². The molecule has 7 heteroatoms. The minimum Gasteiger partial charge on any atom is -0.476 e. The van der Waals surface area contributed by atoms with Gasteiger partial charge >= 0.3 is 12.0 Å². The maximum Gasteiger partial charge on any atom is 0.356 e. The van der Waals surface area contributed by atoms with Crippen LogP contribution in [0.4, 0.5) is 4.79 Å². The summed E-state index contributed by atoms with van der Waals surface area (Å²) in [5, 5.41) is 18.5. The van der Waals surface area contributed by atoms with Gasteiger partial charge in [-0.05, 0) is 24.8 Å². The minimum absolute atomic E-state index is 0.0629. The largest absolute Gasteiger partial charge is 0.476 e. The van der Waals surface area contributed by atoms with Crippen LogP contribution in [0, 0.1) is 0 Å². The van der Waals surface area contributed by atoms with Crippen LogP contribution in [0.2, 0.25) is 0 Å². The van der Waals surface area contributed by atoms with Crippen LogP contribution in [0.5, 0.6) is 0 Å². The maximum atomic E-state index is 12.2. The summed E-state index contributed by atoms with van der Waals surface area (Å²) in [7, 11) is 0. The van der Waals surface area contributed by atoms with Crippen LogP contribution >= 0.6 is 0 Å². The molecule has 0 spiro atoms. The first kappa shape index (κ1) is 16.0. The highest BCUT2D eigenvalue weighted by Gasteiger charge is 2.26. The van der Waals surface area contributed by atoms with E-state index in [1.807, 2.05) is 18.2 Å². The second-order valence-electron chi connectivity index (χ2n) is 5.83. The summed E-state index contributed by atoms with van der Waals surface area (Å²) in [6.07, 6.45) is 2.31. The zero-order valence-electron chi connectivity index (χ0n) is 13.3. The van der Waals surface area contributed by atoms with Crippen LogP contribution < -0.4 is 5.32 Å². The highest BCUT2D eigenvalue weighted by atomic mass is 16.4. The zero-order chi connectivity index (χ0) is 16.9. The first-order valence-corrected chi connectivity index (χ1v) is 8.01. The van der Waals surface area contributed by atoms with Crippen LogP contribution in [0.15, 0.2) is 30.3 Å². The number of carboxylic acid groups (broad SMARTS) is 1. The Morgan fingerprint density at radius 2 is 2.08 bits per heavy atom. The predicted molar refractivity (Wildman–Crippen MR) is 87.8 cm³/mol. The molecule has 126 valence electrons. The van der Waals surface area contributed by atoms with Crippen molar-refractivity contribution in [3.05, 3.63) is 52.8 Å². The van der Waals surface area contributed by atoms with E-state index in [1.165, 1.54) is 5.56 Å². The Kier molecular flexibility index (Phi) is 4.79. The van der Waals surface area contributed by atoms with Crippen molar-refractivity contribution in [2.75, 3.05) is 13.1 Å². The van der Waals surface area contributed by atoms with E-state index in [2.05, 4.69) is 27.6 Å². The molecule has 0 unspecified atom stereocenters. The summed E-state index contributed by atoms with van der Waals surface area (Å²) < 4.78 is 0. The maximum absolute atomic E-state index is 12.2. The number of carboxylic acids is 1. The third-order valence-corrected chi connectivity index (χ3v) is 4.18. The van der Waals surface area contributed by atoms with Crippen molar-refractivity contribution in [3.63, 3.8) is 0 Å². The van der Waals surface area contributed by atoms with Gasteiger partial charge in [-0.25, -0.2) is 9.59 Å². The van der Waals surface area contributed by atoms with Gasteiger partial charge < -0.3 is 15.3 Å². The number of nitrogens with one attached hydrogen (secondary N) is 2. The number of nitrogens with zero attached hydrogens (tertiary/aromatic N) is 2. The number of amides is 2. The molecule has 0 bridgehead atoms. The number of benzene rings is 1. The van der Waals surface area contributed by atoms with E-state index in [1.54, 1.807) is 4.90 Å². The number of aromatic carboxylic acids is 1. The lowest BCUT2D eigenvalue weighted by Crippen LogP contribution is -2.43. The van der Waals surface area contributed by atoms with E-state index in [0.717, 1.165) is 12.8 Å². The van der Waals surface area contributed by atoms with Gasteiger partial charge in [0.15, 0.2) is 5.69 Å². The third kappa shape index (κ3) is 3.56. The van der Waals surface area contributed by atoms with Gasteiger partial charge in [0.1, 0.15) is 0 Å². The molecule has 2 amide bonds. The Morgan fingerprint density at radius 3 is 2.83 bits per heavy atom. The summed E-state index contributed by atoms with van der Waals surface area (Å²) in [5.74, 6) is -1.04. The van der Waals surface area contributed by atoms with E-state index in [0.29, 0.717) is 37.3 Å². The molecule has 1 aromatic heterocycles. The van der Waals surface area contributed by atoms with Crippen LogP contribution in [-0.4, -0.2) is 45.3 Å². The molecular weight excluding hydrogens is 308 g/mol. The van der Waals surface area contributed by atoms with Crippen LogP contribution in [-0.2, 0) is 19.4 Å². The summed E-state index contributed by atoms with van der Waals surface area (Å²) in [5.41, 5.74) is 2.73. The van der Waals surface area contributed by atoms with Crippen molar-refractivity contribution in [2.45, 2.75) is 25.8 Å². The molecule has 3 rings (SSSR count). The number of carbonyl (C=O) groups excluding carboxylic acids is 1. The number of urea groups is 1. The quantitative estimate of drug-likeness (QED) is 0.729. The highest BCUT2D eigenvalue weighted by Crippen LogP contribution is 2.20. The number of carbonyl (C=O) groups is 2. The SMILES string of the molecule is O=C(O)c1n[nH]c2c1CCN(C(=O)NCCCc1ccccc1)C2. The summed E-state index contributed by atoms with van der Waals surface area (Å²) in [6, 6.07) is 10.0. The van der Waals surface area contributed by atoms with Crippen LogP contribution in [0.25, 0.3) is 0 Å². The third-order valence-electron chi connectivity index (χ3n) is 4.18. The van der Waals surface area contributed by atoms with Crippen molar-refractivity contribution in [3.8, 4) is 0 Å². The molecule has 1 aliphatic heterocycles. The normalized spacial score (nSPS) is 13.4. The van der Waals surface area contributed by atoms with E-state index in [9.17, 15) is 9.59 Å². The predicted octanol–water partition coefficient (Wildman–Crippen LogP) is 1.81. The molecule has 3 N–H and O–H groups in total. The Labute approximate surface area is 139 Å². The Hall–Kier alpha value is -2.83. The van der Waals surface area contributed by atoms with Gasteiger partial charge in [0.05, 0.1) is 12.2 Å². The number of aromatic amines is 1. The average Bonchev–Trinajstić information content (AvgIpc) is 3.03. The van der Waals surface area contributed by atoms with Crippen molar-refractivity contribution >= 4 is 12.0 Å². The summed E-state index contributed by atoms with van der Waals surface area (Å²) in [4.78, 5) is 25.0. The zero-order valence-corrected chi connectivity index (χ0v) is 13.3. The molecule has 2 aromatic rings. The fourth-order valence-electron chi connectivity index (χ4n) is 2.91. The first-order valence-electron chi connectivity index (χ1n) is 8.01. The number of aromatic nitrogens is 2.